The molecule has 0 atom stereocenters. The zero-order valence-corrected chi connectivity index (χ0v) is 18.7. The van der Waals surface area contributed by atoms with E-state index in [9.17, 15) is 4.79 Å². The van der Waals surface area contributed by atoms with E-state index in [1.807, 2.05) is 24.3 Å². The van der Waals surface area contributed by atoms with Gasteiger partial charge < -0.3 is 9.64 Å². The molecule has 0 bridgehead atoms. The van der Waals surface area contributed by atoms with E-state index in [-0.39, 0.29) is 5.91 Å². The molecule has 0 unspecified atom stereocenters. The lowest BCUT2D eigenvalue weighted by atomic mass is 10.1. The predicted octanol–water partition coefficient (Wildman–Crippen LogP) is 4.24. The largest absolute Gasteiger partial charge is 0.497 e. The Kier molecular flexibility index (Phi) is 6.39. The van der Waals surface area contributed by atoms with Crippen LogP contribution in [-0.2, 0) is 0 Å². The molecule has 31 heavy (non-hydrogen) atoms. The second kappa shape index (κ2) is 9.36. The van der Waals surface area contributed by atoms with Crippen molar-refractivity contribution in [1.82, 2.24) is 19.9 Å². The van der Waals surface area contributed by atoms with E-state index in [1.165, 1.54) is 11.3 Å². The lowest BCUT2D eigenvalue weighted by Gasteiger charge is -2.24. The summed E-state index contributed by atoms with van der Waals surface area (Å²) < 4.78 is 6.32. The van der Waals surface area contributed by atoms with Gasteiger partial charge in [0.25, 0.3) is 5.91 Å². The van der Waals surface area contributed by atoms with Crippen LogP contribution >= 0.6 is 11.3 Å². The Morgan fingerprint density at radius 3 is 2.45 bits per heavy atom. The summed E-state index contributed by atoms with van der Waals surface area (Å²) in [6, 6.07) is 11.2. The van der Waals surface area contributed by atoms with Gasteiger partial charge in [0.2, 0.25) is 0 Å². The summed E-state index contributed by atoms with van der Waals surface area (Å²) in [6.07, 6.45) is 3.28. The monoisotopic (exact) mass is 435 g/mol. The molecule has 4 aromatic rings. The first-order valence-corrected chi connectivity index (χ1v) is 11.1. The number of anilines is 1. The minimum atomic E-state index is -0.0919. The van der Waals surface area contributed by atoms with Crippen LogP contribution in [0.3, 0.4) is 0 Å². The van der Waals surface area contributed by atoms with E-state index in [0.29, 0.717) is 22.8 Å². The topological polar surface area (TPSA) is 71.5 Å². The molecule has 7 nitrogen and oxygen atoms in total. The fraction of sp³-hybridized carbons (Fsp3) is 0.304. The van der Waals surface area contributed by atoms with E-state index in [4.69, 9.17) is 9.72 Å². The number of methoxy groups -OCH3 is 1. The molecule has 0 radical (unpaired) electrons. The molecule has 0 aliphatic carbocycles. The molecule has 0 aliphatic rings. The molecule has 160 valence electrons. The van der Waals surface area contributed by atoms with Crippen LogP contribution in [0.15, 0.2) is 48.8 Å². The average molecular weight is 436 g/mol. The standard InChI is InChI=1S/C23H25N5O2S/c1-4-27(5-2)12-13-28(23-26-19-9-7-17(30-3)15-21(19)31-23)22(29)16-6-8-18-20(14-16)25-11-10-24-18/h6-11,14-15H,4-5,12-13H2,1-3H3. The van der Waals surface area contributed by atoms with Crippen LogP contribution in [0.2, 0.25) is 0 Å². The Balaban J connectivity index is 1.71. The third kappa shape index (κ3) is 4.50. The maximum absolute atomic E-state index is 13.6. The summed E-state index contributed by atoms with van der Waals surface area (Å²) in [5.41, 5.74) is 2.89. The minimum Gasteiger partial charge on any atom is -0.497 e. The number of likely N-dealkylation sites (N-methyl/N-ethyl adjacent to an activating group) is 1. The van der Waals surface area contributed by atoms with Crippen LogP contribution in [-0.4, -0.2) is 59.0 Å². The number of thiazole rings is 1. The number of rotatable bonds is 8. The second-order valence-corrected chi connectivity index (χ2v) is 8.08. The van der Waals surface area contributed by atoms with Crippen LogP contribution in [0.1, 0.15) is 24.2 Å². The van der Waals surface area contributed by atoms with Crippen LogP contribution in [0.4, 0.5) is 5.13 Å². The highest BCUT2D eigenvalue weighted by atomic mass is 32.1. The normalized spacial score (nSPS) is 11.4. The number of carbonyl (C=O) groups excluding carboxylic acids is 1. The molecule has 2 aromatic carbocycles. The third-order valence-electron chi connectivity index (χ3n) is 5.31. The SMILES string of the molecule is CCN(CC)CCN(C(=O)c1ccc2nccnc2c1)c1nc2ccc(OC)cc2s1. The number of ether oxygens (including phenoxy) is 1. The van der Waals surface area contributed by atoms with E-state index < -0.39 is 0 Å². The van der Waals surface area contributed by atoms with Gasteiger partial charge in [0.05, 0.1) is 28.4 Å². The van der Waals surface area contributed by atoms with Gasteiger partial charge in [-0.3, -0.25) is 19.7 Å². The van der Waals surface area contributed by atoms with Crippen molar-refractivity contribution in [2.45, 2.75) is 13.8 Å². The Hall–Kier alpha value is -3.10. The molecule has 0 aliphatic heterocycles. The van der Waals surface area contributed by atoms with Gasteiger partial charge in [0.15, 0.2) is 5.13 Å². The van der Waals surface area contributed by atoms with Crippen molar-refractivity contribution in [2.75, 3.05) is 38.2 Å². The molecule has 8 heteroatoms. The summed E-state index contributed by atoms with van der Waals surface area (Å²) in [7, 11) is 1.64. The van der Waals surface area contributed by atoms with Crippen molar-refractivity contribution in [3.63, 3.8) is 0 Å². The van der Waals surface area contributed by atoms with Crippen molar-refractivity contribution in [3.8, 4) is 5.75 Å². The maximum atomic E-state index is 13.6. The molecule has 0 N–H and O–H groups in total. The Morgan fingerprint density at radius 1 is 0.968 bits per heavy atom. The molecule has 0 spiro atoms. The first-order chi connectivity index (χ1) is 15.1. The van der Waals surface area contributed by atoms with Crippen molar-refractivity contribution in [2.24, 2.45) is 0 Å². The zero-order valence-electron chi connectivity index (χ0n) is 17.9. The van der Waals surface area contributed by atoms with Crippen molar-refractivity contribution in [3.05, 3.63) is 54.4 Å². The number of hydrogen-bond donors (Lipinski definition) is 0. The van der Waals surface area contributed by atoms with Gasteiger partial charge in [-0.1, -0.05) is 25.2 Å². The smallest absolute Gasteiger partial charge is 0.260 e. The molecule has 1 amide bonds. The van der Waals surface area contributed by atoms with E-state index in [2.05, 4.69) is 28.7 Å². The highest BCUT2D eigenvalue weighted by molar-refractivity contribution is 7.22. The van der Waals surface area contributed by atoms with Crippen LogP contribution in [0, 0.1) is 0 Å². The summed E-state index contributed by atoms with van der Waals surface area (Å²) in [4.78, 5) is 31.0. The fourth-order valence-corrected chi connectivity index (χ4v) is 4.47. The minimum absolute atomic E-state index is 0.0919. The summed E-state index contributed by atoms with van der Waals surface area (Å²) in [5.74, 6) is 0.683. The molecule has 4 rings (SSSR count). The lowest BCUT2D eigenvalue weighted by molar-refractivity contribution is 0.0984. The highest BCUT2D eigenvalue weighted by Gasteiger charge is 2.22. The number of aromatic nitrogens is 3. The van der Waals surface area contributed by atoms with Crippen LogP contribution in [0.5, 0.6) is 5.75 Å². The summed E-state index contributed by atoms with van der Waals surface area (Å²) >= 11 is 1.50. The molecular formula is C23H25N5O2S. The van der Waals surface area contributed by atoms with Crippen LogP contribution in [0.25, 0.3) is 21.3 Å². The molecule has 0 saturated heterocycles. The van der Waals surface area contributed by atoms with E-state index >= 15 is 0 Å². The number of hydrogen-bond acceptors (Lipinski definition) is 7. The summed E-state index contributed by atoms with van der Waals surface area (Å²) in [6.45, 7) is 7.44. The van der Waals surface area contributed by atoms with Gasteiger partial charge in [0.1, 0.15) is 5.75 Å². The lowest BCUT2D eigenvalue weighted by Crippen LogP contribution is -2.38. The molecule has 0 fully saturated rings. The van der Waals surface area contributed by atoms with Crippen LogP contribution < -0.4 is 9.64 Å². The number of carbonyl (C=O) groups is 1. The molecule has 0 saturated carbocycles. The fourth-order valence-electron chi connectivity index (χ4n) is 3.45. The predicted molar refractivity (Wildman–Crippen MR) is 125 cm³/mol. The van der Waals surface area contributed by atoms with E-state index in [0.717, 1.165) is 41.1 Å². The van der Waals surface area contributed by atoms with Gasteiger partial charge in [-0.05, 0) is 49.5 Å². The average Bonchev–Trinajstić information content (AvgIpc) is 3.24. The molecular weight excluding hydrogens is 410 g/mol. The van der Waals surface area contributed by atoms with Gasteiger partial charge in [0, 0.05) is 31.0 Å². The molecule has 2 aromatic heterocycles. The first-order valence-electron chi connectivity index (χ1n) is 10.3. The maximum Gasteiger partial charge on any atom is 0.260 e. The third-order valence-corrected chi connectivity index (χ3v) is 6.35. The Labute approximate surface area is 185 Å². The van der Waals surface area contributed by atoms with Gasteiger partial charge in [-0.25, -0.2) is 4.98 Å². The van der Waals surface area contributed by atoms with Gasteiger partial charge >= 0.3 is 0 Å². The Morgan fingerprint density at radius 2 is 1.71 bits per heavy atom. The number of nitrogens with zero attached hydrogens (tertiary/aromatic N) is 5. The first kappa shape index (κ1) is 21.1. The highest BCUT2D eigenvalue weighted by Crippen LogP contribution is 2.32. The molecule has 2 heterocycles. The van der Waals surface area contributed by atoms with E-state index in [1.54, 1.807) is 36.5 Å². The summed E-state index contributed by atoms with van der Waals surface area (Å²) in [5, 5.41) is 0.680. The van der Waals surface area contributed by atoms with Gasteiger partial charge in [-0.15, -0.1) is 0 Å². The second-order valence-electron chi connectivity index (χ2n) is 7.07. The van der Waals surface area contributed by atoms with Crippen molar-refractivity contribution < 1.29 is 9.53 Å². The van der Waals surface area contributed by atoms with Gasteiger partial charge in [-0.2, -0.15) is 0 Å². The Bertz CT molecular complexity index is 1200. The quantitative estimate of drug-likeness (QED) is 0.412. The number of fused-ring (bicyclic) bond motifs is 2. The van der Waals surface area contributed by atoms with Crippen molar-refractivity contribution in [1.29, 1.82) is 0 Å². The number of amides is 1. The zero-order chi connectivity index (χ0) is 21.8. The van der Waals surface area contributed by atoms with Crippen molar-refractivity contribution >= 4 is 43.6 Å². The number of benzene rings is 2.